The van der Waals surface area contributed by atoms with E-state index in [0.29, 0.717) is 18.2 Å². The monoisotopic (exact) mass is 257 g/mol. The fraction of sp³-hybridized carbons (Fsp3) is 0.833. The van der Waals surface area contributed by atoms with Gasteiger partial charge < -0.3 is 10.4 Å². The maximum atomic E-state index is 11.9. The summed E-state index contributed by atoms with van der Waals surface area (Å²) in [5.41, 5.74) is 0. The van der Waals surface area contributed by atoms with Crippen LogP contribution in [0.1, 0.15) is 32.1 Å². The van der Waals surface area contributed by atoms with Crippen molar-refractivity contribution in [3.05, 3.63) is 0 Å². The Kier molecular flexibility index (Phi) is 4.31. The molecule has 4 nitrogen and oxygen atoms in total. The number of carbonyl (C=O) groups is 2. The molecule has 3 atom stereocenters. The number of rotatable bonds is 4. The summed E-state index contributed by atoms with van der Waals surface area (Å²) in [6.07, 6.45) is 4.61. The van der Waals surface area contributed by atoms with Gasteiger partial charge in [0.1, 0.15) is 0 Å². The Morgan fingerprint density at radius 2 is 1.94 bits per heavy atom. The van der Waals surface area contributed by atoms with Crippen LogP contribution >= 0.6 is 11.8 Å². The van der Waals surface area contributed by atoms with E-state index in [2.05, 4.69) is 5.32 Å². The lowest BCUT2D eigenvalue weighted by atomic mass is 9.95. The molecular weight excluding hydrogens is 238 g/mol. The number of carbonyl (C=O) groups excluding carboxylic acids is 1. The first-order chi connectivity index (χ1) is 8.18. The highest BCUT2D eigenvalue weighted by atomic mass is 32.2. The maximum Gasteiger partial charge on any atom is 0.307 e. The predicted molar refractivity (Wildman–Crippen MR) is 67.0 cm³/mol. The molecule has 1 aliphatic carbocycles. The van der Waals surface area contributed by atoms with Crippen molar-refractivity contribution in [1.82, 2.24) is 5.32 Å². The van der Waals surface area contributed by atoms with E-state index in [1.54, 1.807) is 0 Å². The van der Waals surface area contributed by atoms with Gasteiger partial charge in [0.15, 0.2) is 0 Å². The Morgan fingerprint density at radius 3 is 2.59 bits per heavy atom. The van der Waals surface area contributed by atoms with Gasteiger partial charge in [0.25, 0.3) is 0 Å². The fourth-order valence-corrected chi connectivity index (χ4v) is 3.92. The van der Waals surface area contributed by atoms with Gasteiger partial charge in [0.05, 0.1) is 11.8 Å². The number of carboxylic acid groups (broad SMARTS) is 1. The van der Waals surface area contributed by atoms with E-state index in [0.717, 1.165) is 19.3 Å². The summed E-state index contributed by atoms with van der Waals surface area (Å²) >= 11 is 1.90. The highest BCUT2D eigenvalue weighted by Crippen LogP contribution is 2.32. The second kappa shape index (κ2) is 5.76. The van der Waals surface area contributed by atoms with Crippen LogP contribution in [0.25, 0.3) is 0 Å². The zero-order valence-corrected chi connectivity index (χ0v) is 10.7. The minimum absolute atomic E-state index is 0.0533. The molecule has 0 aromatic rings. The summed E-state index contributed by atoms with van der Waals surface area (Å²) in [5, 5.41) is 12.5. The first-order valence-corrected chi connectivity index (χ1v) is 7.35. The molecule has 2 N–H and O–H groups in total. The van der Waals surface area contributed by atoms with Crippen LogP contribution < -0.4 is 5.32 Å². The second-order valence-electron chi connectivity index (χ2n) is 4.86. The van der Waals surface area contributed by atoms with Crippen LogP contribution in [0, 0.1) is 11.8 Å². The molecule has 17 heavy (non-hydrogen) atoms. The molecule has 1 aliphatic heterocycles. The number of aliphatic carboxylic acids is 1. The Labute approximate surface area is 106 Å². The lowest BCUT2D eigenvalue weighted by molar-refractivity contribution is -0.146. The van der Waals surface area contributed by atoms with Crippen LogP contribution in [0.15, 0.2) is 0 Å². The molecule has 2 aliphatic rings. The molecule has 1 heterocycles. The van der Waals surface area contributed by atoms with E-state index < -0.39 is 11.9 Å². The number of thioether (sulfide) groups is 1. The van der Waals surface area contributed by atoms with Gasteiger partial charge in [-0.3, -0.25) is 9.59 Å². The quantitative estimate of drug-likeness (QED) is 0.801. The Balaban J connectivity index is 1.80. The smallest absolute Gasteiger partial charge is 0.307 e. The first kappa shape index (κ1) is 12.7. The third kappa shape index (κ3) is 3.15. The van der Waals surface area contributed by atoms with Crippen LogP contribution in [-0.4, -0.2) is 34.5 Å². The normalized spacial score (nSPS) is 32.6. The molecule has 1 unspecified atom stereocenters. The number of nitrogens with one attached hydrogen (secondary N) is 1. The molecular formula is C12H19NO3S. The predicted octanol–water partition coefficient (Wildman–Crippen LogP) is 1.50. The lowest BCUT2D eigenvalue weighted by Crippen LogP contribution is -2.38. The SMILES string of the molecule is O=C(O)[C@H]1CCC[C@H]1C(=O)NCC1CCCS1. The van der Waals surface area contributed by atoms with Crippen LogP contribution in [0.5, 0.6) is 0 Å². The third-order valence-electron chi connectivity index (χ3n) is 3.70. The molecule has 1 saturated carbocycles. The van der Waals surface area contributed by atoms with Crippen LogP contribution in [0.4, 0.5) is 0 Å². The Hall–Kier alpha value is -0.710. The van der Waals surface area contributed by atoms with Gasteiger partial charge in [0, 0.05) is 11.8 Å². The van der Waals surface area contributed by atoms with E-state index in [1.165, 1.54) is 12.2 Å². The topological polar surface area (TPSA) is 66.4 Å². The largest absolute Gasteiger partial charge is 0.481 e. The summed E-state index contributed by atoms with van der Waals surface area (Å²) < 4.78 is 0. The molecule has 2 fully saturated rings. The van der Waals surface area contributed by atoms with Gasteiger partial charge in [-0.2, -0.15) is 11.8 Å². The highest BCUT2D eigenvalue weighted by molar-refractivity contribution is 8.00. The Bertz CT molecular complexity index is 302. The summed E-state index contributed by atoms with van der Waals surface area (Å²) in [6, 6.07) is 0. The zero-order chi connectivity index (χ0) is 12.3. The van der Waals surface area contributed by atoms with Crippen molar-refractivity contribution >= 4 is 23.6 Å². The molecule has 0 spiro atoms. The summed E-state index contributed by atoms with van der Waals surface area (Å²) in [4.78, 5) is 22.9. The summed E-state index contributed by atoms with van der Waals surface area (Å²) in [5.74, 6) is -0.465. The van der Waals surface area contributed by atoms with Crippen LogP contribution in [0.2, 0.25) is 0 Å². The van der Waals surface area contributed by atoms with Crippen molar-refractivity contribution in [1.29, 1.82) is 0 Å². The van der Waals surface area contributed by atoms with Gasteiger partial charge in [-0.1, -0.05) is 6.42 Å². The van der Waals surface area contributed by atoms with Gasteiger partial charge >= 0.3 is 5.97 Å². The highest BCUT2D eigenvalue weighted by Gasteiger charge is 2.37. The van der Waals surface area contributed by atoms with E-state index in [1.807, 2.05) is 11.8 Å². The standard InChI is InChI=1S/C12H19NO3S/c14-11(13-7-8-3-2-6-17-8)9-4-1-5-10(9)12(15)16/h8-10H,1-7H2,(H,13,14)(H,15,16)/t8?,9-,10+/m1/s1. The summed E-state index contributed by atoms with van der Waals surface area (Å²) in [6.45, 7) is 0.701. The zero-order valence-electron chi connectivity index (χ0n) is 9.85. The van der Waals surface area contributed by atoms with Crippen molar-refractivity contribution in [3.63, 3.8) is 0 Å². The molecule has 1 amide bonds. The van der Waals surface area contributed by atoms with E-state index in [4.69, 9.17) is 5.11 Å². The van der Waals surface area contributed by atoms with Crippen molar-refractivity contribution in [2.24, 2.45) is 11.8 Å². The fourth-order valence-electron chi connectivity index (χ4n) is 2.72. The van der Waals surface area contributed by atoms with Crippen LogP contribution in [-0.2, 0) is 9.59 Å². The number of amides is 1. The number of hydrogen-bond acceptors (Lipinski definition) is 3. The van der Waals surface area contributed by atoms with Crippen molar-refractivity contribution < 1.29 is 14.7 Å². The molecule has 96 valence electrons. The molecule has 0 radical (unpaired) electrons. The van der Waals surface area contributed by atoms with Crippen molar-refractivity contribution in [2.45, 2.75) is 37.4 Å². The van der Waals surface area contributed by atoms with Crippen molar-refractivity contribution in [3.8, 4) is 0 Å². The van der Waals surface area contributed by atoms with E-state index in [9.17, 15) is 9.59 Å². The lowest BCUT2D eigenvalue weighted by Gasteiger charge is -2.17. The van der Waals surface area contributed by atoms with E-state index in [-0.39, 0.29) is 11.8 Å². The minimum atomic E-state index is -0.821. The average molecular weight is 257 g/mol. The average Bonchev–Trinajstić information content (AvgIpc) is 2.96. The Morgan fingerprint density at radius 1 is 1.18 bits per heavy atom. The van der Waals surface area contributed by atoms with Crippen LogP contribution in [0.3, 0.4) is 0 Å². The maximum absolute atomic E-state index is 11.9. The number of carboxylic acids is 1. The second-order valence-corrected chi connectivity index (χ2v) is 6.27. The molecule has 2 rings (SSSR count). The van der Waals surface area contributed by atoms with Gasteiger partial charge in [-0.25, -0.2) is 0 Å². The number of hydrogen-bond donors (Lipinski definition) is 2. The first-order valence-electron chi connectivity index (χ1n) is 6.30. The van der Waals surface area contributed by atoms with Gasteiger partial charge in [0.2, 0.25) is 5.91 Å². The van der Waals surface area contributed by atoms with Crippen molar-refractivity contribution in [2.75, 3.05) is 12.3 Å². The third-order valence-corrected chi connectivity index (χ3v) is 5.10. The van der Waals surface area contributed by atoms with Gasteiger partial charge in [-0.15, -0.1) is 0 Å². The molecule has 1 saturated heterocycles. The van der Waals surface area contributed by atoms with Gasteiger partial charge in [-0.05, 0) is 31.4 Å². The molecule has 5 heteroatoms. The molecule has 0 bridgehead atoms. The minimum Gasteiger partial charge on any atom is -0.481 e. The van der Waals surface area contributed by atoms with E-state index >= 15 is 0 Å². The molecule has 0 aromatic carbocycles. The summed E-state index contributed by atoms with van der Waals surface area (Å²) in [7, 11) is 0. The molecule has 0 aromatic heterocycles.